The average Bonchev–Trinajstić information content (AvgIpc) is 2.83. The Hall–Kier alpha value is -1.32. The lowest BCUT2D eigenvalue weighted by atomic mass is 9.90. The molecule has 4 nitrogen and oxygen atoms in total. The molecule has 1 fully saturated rings. The monoisotopic (exact) mass is 249 g/mol. The van der Waals surface area contributed by atoms with Gasteiger partial charge in [-0.05, 0) is 26.2 Å². The van der Waals surface area contributed by atoms with Crippen molar-refractivity contribution in [3.8, 4) is 0 Å². The first kappa shape index (κ1) is 13.1. The molecule has 0 bridgehead atoms. The summed E-state index contributed by atoms with van der Waals surface area (Å²) in [4.78, 5) is 15.9. The molecule has 0 aliphatic carbocycles. The molecule has 1 saturated heterocycles. The van der Waals surface area contributed by atoms with Crippen molar-refractivity contribution >= 4 is 5.91 Å². The van der Waals surface area contributed by atoms with Crippen LogP contribution in [0.3, 0.4) is 0 Å². The predicted molar refractivity (Wildman–Crippen MR) is 71.4 cm³/mol. The van der Waals surface area contributed by atoms with Gasteiger partial charge in [-0.2, -0.15) is 0 Å². The molecule has 2 unspecified atom stereocenters. The Morgan fingerprint density at radius 3 is 2.78 bits per heavy atom. The maximum atomic E-state index is 11.7. The van der Waals surface area contributed by atoms with Gasteiger partial charge in [-0.25, -0.2) is 4.98 Å². The topological polar surface area (TPSA) is 46.9 Å². The molecule has 2 rings (SSSR count). The summed E-state index contributed by atoms with van der Waals surface area (Å²) in [5, 5.41) is 3.11. The van der Waals surface area contributed by atoms with Crippen LogP contribution >= 0.6 is 0 Å². The fourth-order valence-electron chi connectivity index (χ4n) is 2.78. The molecule has 2 atom stereocenters. The zero-order valence-corrected chi connectivity index (χ0v) is 11.7. The highest BCUT2D eigenvalue weighted by Gasteiger charge is 2.35. The van der Waals surface area contributed by atoms with Crippen LogP contribution in [0.4, 0.5) is 0 Å². The molecule has 0 aromatic carbocycles. The molecular weight excluding hydrogens is 226 g/mol. The van der Waals surface area contributed by atoms with E-state index in [0.717, 1.165) is 6.42 Å². The Balaban J connectivity index is 2.24. The van der Waals surface area contributed by atoms with Crippen molar-refractivity contribution < 1.29 is 4.79 Å². The zero-order valence-electron chi connectivity index (χ0n) is 11.7. The minimum absolute atomic E-state index is 0.169. The van der Waals surface area contributed by atoms with E-state index in [2.05, 4.69) is 42.6 Å². The van der Waals surface area contributed by atoms with Gasteiger partial charge in [-0.1, -0.05) is 13.8 Å². The lowest BCUT2D eigenvalue weighted by molar-refractivity contribution is -0.119. The summed E-state index contributed by atoms with van der Waals surface area (Å²) in [7, 11) is 0. The normalized spacial score (nSPS) is 24.0. The number of carbonyl (C=O) groups is 1. The first-order valence-corrected chi connectivity index (χ1v) is 6.80. The van der Waals surface area contributed by atoms with Gasteiger partial charge in [0.15, 0.2) is 0 Å². The Bertz CT molecular complexity index is 422. The van der Waals surface area contributed by atoms with E-state index < -0.39 is 0 Å². The van der Waals surface area contributed by atoms with E-state index in [1.54, 1.807) is 0 Å². The standard InChI is InChI=1S/C14H23N3O/c1-9(2)5-12-11(6-14(18)16-12)13-7-15-8-17(13)10(3)4/h7-12H,5-6H2,1-4H3,(H,16,18). The molecule has 1 aliphatic heterocycles. The molecule has 1 N–H and O–H groups in total. The van der Waals surface area contributed by atoms with Gasteiger partial charge in [0.05, 0.1) is 6.33 Å². The highest BCUT2D eigenvalue weighted by molar-refractivity contribution is 5.80. The fraction of sp³-hybridized carbons (Fsp3) is 0.714. The van der Waals surface area contributed by atoms with E-state index in [1.807, 2.05) is 12.5 Å². The molecule has 100 valence electrons. The quantitative estimate of drug-likeness (QED) is 0.891. The van der Waals surface area contributed by atoms with Gasteiger partial charge in [0.1, 0.15) is 0 Å². The first-order chi connectivity index (χ1) is 8.49. The maximum Gasteiger partial charge on any atom is 0.220 e. The summed E-state index contributed by atoms with van der Waals surface area (Å²) in [6.45, 7) is 8.68. The number of hydrogen-bond donors (Lipinski definition) is 1. The number of rotatable bonds is 4. The van der Waals surface area contributed by atoms with Crippen molar-refractivity contribution in [3.05, 3.63) is 18.2 Å². The van der Waals surface area contributed by atoms with Crippen LogP contribution in [0.2, 0.25) is 0 Å². The molecule has 4 heteroatoms. The van der Waals surface area contributed by atoms with Gasteiger partial charge in [-0.3, -0.25) is 4.79 Å². The second kappa shape index (κ2) is 5.12. The molecule has 0 spiro atoms. The highest BCUT2D eigenvalue weighted by Crippen LogP contribution is 2.32. The molecule has 1 aromatic heterocycles. The smallest absolute Gasteiger partial charge is 0.220 e. The summed E-state index contributed by atoms with van der Waals surface area (Å²) in [6, 6.07) is 0.643. The van der Waals surface area contributed by atoms with Gasteiger partial charge in [-0.15, -0.1) is 0 Å². The molecule has 1 aliphatic rings. The van der Waals surface area contributed by atoms with Crippen LogP contribution in [0.1, 0.15) is 58.2 Å². The third-order valence-corrected chi connectivity index (χ3v) is 3.59. The molecule has 0 radical (unpaired) electrons. The Labute approximate surface area is 109 Å². The second-order valence-electron chi connectivity index (χ2n) is 5.93. The van der Waals surface area contributed by atoms with Crippen molar-refractivity contribution in [2.45, 2.75) is 58.5 Å². The van der Waals surface area contributed by atoms with Crippen LogP contribution < -0.4 is 5.32 Å². The van der Waals surface area contributed by atoms with Gasteiger partial charge in [0.25, 0.3) is 0 Å². The van der Waals surface area contributed by atoms with Gasteiger partial charge in [0, 0.05) is 36.3 Å². The molecular formula is C14H23N3O. The van der Waals surface area contributed by atoms with Gasteiger partial charge >= 0.3 is 0 Å². The van der Waals surface area contributed by atoms with Crippen molar-refractivity contribution in [1.82, 2.24) is 14.9 Å². The second-order valence-corrected chi connectivity index (χ2v) is 5.93. The lowest BCUT2D eigenvalue weighted by Gasteiger charge is -2.23. The first-order valence-electron chi connectivity index (χ1n) is 6.80. The van der Waals surface area contributed by atoms with E-state index >= 15 is 0 Å². The van der Waals surface area contributed by atoms with Crippen molar-refractivity contribution in [1.29, 1.82) is 0 Å². The van der Waals surface area contributed by atoms with Crippen LogP contribution in [0.15, 0.2) is 12.5 Å². The summed E-state index contributed by atoms with van der Waals surface area (Å²) < 4.78 is 2.18. The number of imidazole rings is 1. The van der Waals surface area contributed by atoms with E-state index in [0.29, 0.717) is 18.4 Å². The van der Waals surface area contributed by atoms with Gasteiger partial charge < -0.3 is 9.88 Å². The molecule has 1 aromatic rings. The Morgan fingerprint density at radius 1 is 1.44 bits per heavy atom. The highest BCUT2D eigenvalue weighted by atomic mass is 16.2. The maximum absolute atomic E-state index is 11.7. The number of nitrogens with zero attached hydrogens (tertiary/aromatic N) is 2. The van der Waals surface area contributed by atoms with Crippen LogP contribution in [-0.2, 0) is 4.79 Å². The van der Waals surface area contributed by atoms with Crippen LogP contribution in [0.25, 0.3) is 0 Å². The third kappa shape index (κ3) is 2.57. The van der Waals surface area contributed by atoms with E-state index in [1.165, 1.54) is 5.69 Å². The Kier molecular flexibility index (Phi) is 3.73. The fourth-order valence-corrected chi connectivity index (χ4v) is 2.78. The number of aromatic nitrogens is 2. The van der Waals surface area contributed by atoms with Crippen LogP contribution in [-0.4, -0.2) is 21.5 Å². The van der Waals surface area contributed by atoms with E-state index in [4.69, 9.17) is 0 Å². The lowest BCUT2D eigenvalue weighted by Crippen LogP contribution is -2.30. The van der Waals surface area contributed by atoms with Crippen molar-refractivity contribution in [2.75, 3.05) is 0 Å². The van der Waals surface area contributed by atoms with Crippen LogP contribution in [0.5, 0.6) is 0 Å². The molecule has 0 saturated carbocycles. The SMILES string of the molecule is CC(C)CC1NC(=O)CC1c1cncn1C(C)C. The molecule has 2 heterocycles. The molecule has 18 heavy (non-hydrogen) atoms. The van der Waals surface area contributed by atoms with E-state index in [9.17, 15) is 4.79 Å². The van der Waals surface area contributed by atoms with Crippen molar-refractivity contribution in [2.24, 2.45) is 5.92 Å². The van der Waals surface area contributed by atoms with Crippen LogP contribution in [0, 0.1) is 5.92 Å². The largest absolute Gasteiger partial charge is 0.353 e. The third-order valence-electron chi connectivity index (χ3n) is 3.59. The van der Waals surface area contributed by atoms with E-state index in [-0.39, 0.29) is 17.9 Å². The Morgan fingerprint density at radius 2 is 2.17 bits per heavy atom. The predicted octanol–water partition coefficient (Wildman–Crippen LogP) is 2.48. The summed E-state index contributed by atoms with van der Waals surface area (Å²) in [6.07, 6.45) is 5.41. The van der Waals surface area contributed by atoms with Gasteiger partial charge in [0.2, 0.25) is 5.91 Å². The zero-order chi connectivity index (χ0) is 13.3. The average molecular weight is 249 g/mol. The number of amides is 1. The molecule has 1 amide bonds. The number of nitrogens with one attached hydrogen (secondary N) is 1. The summed E-state index contributed by atoms with van der Waals surface area (Å²) >= 11 is 0. The number of carbonyl (C=O) groups excluding carboxylic acids is 1. The minimum Gasteiger partial charge on any atom is -0.353 e. The van der Waals surface area contributed by atoms with Crippen molar-refractivity contribution in [3.63, 3.8) is 0 Å². The summed E-state index contributed by atoms with van der Waals surface area (Å²) in [5.74, 6) is 1.03. The summed E-state index contributed by atoms with van der Waals surface area (Å²) in [5.41, 5.74) is 1.19. The number of hydrogen-bond acceptors (Lipinski definition) is 2. The minimum atomic E-state index is 0.169.